The summed E-state index contributed by atoms with van der Waals surface area (Å²) in [4.78, 5) is 0.372. The highest BCUT2D eigenvalue weighted by atomic mass is 32.2. The minimum atomic E-state index is -4.51. The van der Waals surface area contributed by atoms with Crippen molar-refractivity contribution in [1.82, 2.24) is 0 Å². The molecule has 0 amide bonds. The van der Waals surface area contributed by atoms with Crippen LogP contribution in [0.1, 0.15) is 11.1 Å². The highest BCUT2D eigenvalue weighted by Gasteiger charge is 2.33. The van der Waals surface area contributed by atoms with Crippen LogP contribution in [0.2, 0.25) is 0 Å². The van der Waals surface area contributed by atoms with Crippen LogP contribution in [0.25, 0.3) is 0 Å². The third-order valence-corrected chi connectivity index (χ3v) is 2.51. The number of nitrogens with zero attached hydrogens (tertiary/aromatic N) is 1. The van der Waals surface area contributed by atoms with E-state index in [2.05, 4.69) is 12.2 Å². The molecule has 1 aromatic carbocycles. The van der Waals surface area contributed by atoms with Crippen molar-refractivity contribution in [3.63, 3.8) is 0 Å². The minimum Gasteiger partial charge on any atom is -0.192 e. The molecule has 0 radical (unpaired) electrons. The van der Waals surface area contributed by atoms with Crippen LogP contribution < -0.4 is 0 Å². The Hall–Kier alpha value is -1.06. The van der Waals surface area contributed by atoms with Gasteiger partial charge in [-0.1, -0.05) is 24.0 Å². The number of thioether (sulfide) groups is 1. The lowest BCUT2D eigenvalue weighted by atomic mass is 10.1. The number of rotatable bonds is 2. The van der Waals surface area contributed by atoms with Crippen LogP contribution in [0.4, 0.5) is 13.2 Å². The van der Waals surface area contributed by atoms with Gasteiger partial charge in [-0.05, 0) is 18.2 Å². The Labute approximate surface area is 93.9 Å². The topological polar surface area (TPSA) is 23.8 Å². The van der Waals surface area contributed by atoms with E-state index < -0.39 is 11.7 Å². The van der Waals surface area contributed by atoms with Gasteiger partial charge in [-0.15, -0.1) is 0 Å². The molecule has 1 aromatic rings. The highest BCUT2D eigenvalue weighted by molar-refractivity contribution is 8.20. The van der Waals surface area contributed by atoms with Gasteiger partial charge in [0.2, 0.25) is 0 Å². The average Bonchev–Trinajstić information content (AvgIpc) is 2.17. The standard InChI is InChI=1S/C9H4F3NS2/c10-9(11,12)8-3-7(15-5-14)2-1-6(8)4-13/h1-3,5H. The predicted molar refractivity (Wildman–Crippen MR) is 55.7 cm³/mol. The van der Waals surface area contributed by atoms with E-state index >= 15 is 0 Å². The third-order valence-electron chi connectivity index (χ3n) is 1.60. The first-order valence-corrected chi connectivity index (χ1v) is 5.06. The SMILES string of the molecule is N#Cc1ccc(SC=S)cc1C(F)(F)F. The molecule has 0 aliphatic rings. The van der Waals surface area contributed by atoms with E-state index in [1.165, 1.54) is 16.8 Å². The lowest BCUT2D eigenvalue weighted by Gasteiger charge is -2.09. The van der Waals surface area contributed by atoms with E-state index in [4.69, 9.17) is 5.26 Å². The van der Waals surface area contributed by atoms with Crippen LogP contribution in [-0.2, 0) is 6.18 Å². The number of nitriles is 1. The lowest BCUT2D eigenvalue weighted by molar-refractivity contribution is -0.137. The first-order valence-electron chi connectivity index (χ1n) is 3.70. The lowest BCUT2D eigenvalue weighted by Crippen LogP contribution is -2.07. The van der Waals surface area contributed by atoms with Crippen molar-refractivity contribution in [1.29, 1.82) is 5.26 Å². The number of hydrogen-bond acceptors (Lipinski definition) is 3. The summed E-state index contributed by atoms with van der Waals surface area (Å²) in [6.45, 7) is 0. The van der Waals surface area contributed by atoms with Crippen molar-refractivity contribution in [3.05, 3.63) is 29.3 Å². The molecule has 0 N–H and O–H groups in total. The number of hydrogen-bond donors (Lipinski definition) is 0. The second-order valence-electron chi connectivity index (χ2n) is 2.53. The van der Waals surface area contributed by atoms with Gasteiger partial charge in [-0.3, -0.25) is 0 Å². The Morgan fingerprint density at radius 3 is 2.53 bits per heavy atom. The first-order chi connectivity index (χ1) is 6.99. The molecule has 0 atom stereocenters. The molecule has 0 aliphatic heterocycles. The summed E-state index contributed by atoms with van der Waals surface area (Å²) in [6.07, 6.45) is -4.51. The summed E-state index contributed by atoms with van der Waals surface area (Å²) >= 11 is 5.53. The maximum Gasteiger partial charge on any atom is 0.417 e. The number of halogens is 3. The number of thiocarbonyl (C=S) groups is 1. The summed E-state index contributed by atoms with van der Waals surface area (Å²) in [5.41, 5.74) is -1.30. The molecule has 0 heterocycles. The molecule has 0 spiro atoms. The Kier molecular flexibility index (Phi) is 3.72. The van der Waals surface area contributed by atoms with Gasteiger partial charge in [0.15, 0.2) is 0 Å². The summed E-state index contributed by atoms with van der Waals surface area (Å²) in [7, 11) is 0. The summed E-state index contributed by atoms with van der Waals surface area (Å²) in [6, 6.07) is 5.00. The molecule has 0 fully saturated rings. The zero-order valence-corrected chi connectivity index (χ0v) is 8.84. The van der Waals surface area contributed by atoms with E-state index in [1.54, 1.807) is 0 Å². The van der Waals surface area contributed by atoms with Crippen LogP contribution in [0, 0.1) is 11.3 Å². The molecule has 0 saturated heterocycles. The summed E-state index contributed by atoms with van der Waals surface area (Å²) in [5.74, 6) is 0. The van der Waals surface area contributed by atoms with Gasteiger partial charge >= 0.3 is 6.18 Å². The third kappa shape index (κ3) is 2.94. The summed E-state index contributed by atoms with van der Waals surface area (Å²) < 4.78 is 38.6. The van der Waals surface area contributed by atoms with E-state index in [1.807, 2.05) is 0 Å². The normalized spacial score (nSPS) is 10.8. The molecule has 0 aromatic heterocycles. The van der Waals surface area contributed by atoms with Gasteiger partial charge in [0.05, 0.1) is 17.2 Å². The zero-order valence-electron chi connectivity index (χ0n) is 7.21. The van der Waals surface area contributed by atoms with Gasteiger partial charge < -0.3 is 0 Å². The Morgan fingerprint density at radius 1 is 1.40 bits per heavy atom. The Morgan fingerprint density at radius 2 is 2.07 bits per heavy atom. The Balaban J connectivity index is 3.27. The quantitative estimate of drug-likeness (QED) is 0.589. The zero-order chi connectivity index (χ0) is 11.5. The first kappa shape index (κ1) is 12.0. The van der Waals surface area contributed by atoms with Crippen molar-refractivity contribution in [2.45, 2.75) is 11.1 Å². The summed E-state index contributed by atoms with van der Waals surface area (Å²) in [5, 5.41) is 8.52. The van der Waals surface area contributed by atoms with E-state index in [0.29, 0.717) is 4.90 Å². The number of alkyl halides is 3. The molecule has 1 nitrogen and oxygen atoms in total. The number of benzene rings is 1. The van der Waals surface area contributed by atoms with Gasteiger partial charge in [-0.25, -0.2) is 0 Å². The van der Waals surface area contributed by atoms with E-state index in [9.17, 15) is 13.2 Å². The molecule has 0 unspecified atom stereocenters. The van der Waals surface area contributed by atoms with Gasteiger partial charge in [-0.2, -0.15) is 18.4 Å². The molecule has 78 valence electrons. The molecule has 1 rings (SSSR count). The molecule has 15 heavy (non-hydrogen) atoms. The fraction of sp³-hybridized carbons (Fsp3) is 0.111. The minimum absolute atomic E-state index is 0.372. The molecule has 0 saturated carbocycles. The monoisotopic (exact) mass is 247 g/mol. The van der Waals surface area contributed by atoms with Crippen molar-refractivity contribution in [2.75, 3.05) is 0 Å². The van der Waals surface area contributed by atoms with Crippen molar-refractivity contribution in [3.8, 4) is 6.07 Å². The van der Waals surface area contributed by atoms with Crippen LogP contribution in [0.3, 0.4) is 0 Å². The predicted octanol–water partition coefficient (Wildman–Crippen LogP) is 3.63. The molecule has 0 bridgehead atoms. The van der Waals surface area contributed by atoms with E-state index in [-0.39, 0.29) is 5.56 Å². The van der Waals surface area contributed by atoms with Crippen LogP contribution in [-0.4, -0.2) is 4.70 Å². The smallest absolute Gasteiger partial charge is 0.192 e. The van der Waals surface area contributed by atoms with Crippen molar-refractivity contribution < 1.29 is 13.2 Å². The maximum atomic E-state index is 12.5. The Bertz CT molecular complexity index is 420. The van der Waals surface area contributed by atoms with Crippen molar-refractivity contribution in [2.24, 2.45) is 0 Å². The second kappa shape index (κ2) is 4.64. The highest BCUT2D eigenvalue weighted by Crippen LogP contribution is 2.34. The van der Waals surface area contributed by atoms with Crippen LogP contribution in [0.15, 0.2) is 23.1 Å². The van der Waals surface area contributed by atoms with Crippen molar-refractivity contribution >= 4 is 28.7 Å². The van der Waals surface area contributed by atoms with E-state index in [0.717, 1.165) is 23.9 Å². The molecular formula is C9H4F3NS2. The fourth-order valence-electron chi connectivity index (χ4n) is 0.984. The van der Waals surface area contributed by atoms with Gasteiger partial charge in [0.25, 0.3) is 0 Å². The maximum absolute atomic E-state index is 12.5. The fourth-order valence-corrected chi connectivity index (χ4v) is 1.76. The van der Waals surface area contributed by atoms with Gasteiger partial charge in [0, 0.05) is 9.59 Å². The van der Waals surface area contributed by atoms with Gasteiger partial charge in [0.1, 0.15) is 0 Å². The molecule has 0 aliphatic carbocycles. The largest absolute Gasteiger partial charge is 0.417 e. The molecular weight excluding hydrogens is 243 g/mol. The second-order valence-corrected chi connectivity index (χ2v) is 4.01. The average molecular weight is 247 g/mol. The molecule has 6 heteroatoms. The van der Waals surface area contributed by atoms with Crippen LogP contribution >= 0.6 is 24.0 Å². The van der Waals surface area contributed by atoms with Crippen LogP contribution in [0.5, 0.6) is 0 Å².